The fourth-order valence-corrected chi connectivity index (χ4v) is 2.56. The standard InChI is InChI=1S/C19H18N2O4/c1-12(17-11-13-6-4-5-7-16(13)25-17)21(2)18(22)14-8-9-20-15(10-14)19(23)24-3/h4-12H,1-3H3. The first kappa shape index (κ1) is 16.7. The van der Waals surface area contributed by atoms with Crippen molar-refractivity contribution < 1.29 is 18.7 Å². The summed E-state index contributed by atoms with van der Waals surface area (Å²) in [6.07, 6.45) is 1.42. The van der Waals surface area contributed by atoms with Crippen molar-refractivity contribution in [3.05, 3.63) is 65.7 Å². The number of aromatic nitrogens is 1. The van der Waals surface area contributed by atoms with Crippen molar-refractivity contribution >= 4 is 22.8 Å². The first-order valence-electron chi connectivity index (χ1n) is 7.81. The highest BCUT2D eigenvalue weighted by molar-refractivity contribution is 5.97. The van der Waals surface area contributed by atoms with Gasteiger partial charge in [-0.2, -0.15) is 0 Å². The van der Waals surface area contributed by atoms with Gasteiger partial charge in [-0.25, -0.2) is 9.78 Å². The van der Waals surface area contributed by atoms with E-state index in [0.29, 0.717) is 11.3 Å². The normalized spacial score (nSPS) is 12.0. The SMILES string of the molecule is COC(=O)c1cc(C(=O)N(C)C(C)c2cc3ccccc3o2)ccn1. The summed E-state index contributed by atoms with van der Waals surface area (Å²) in [6, 6.07) is 12.3. The molecule has 6 heteroatoms. The number of carbonyl (C=O) groups excluding carboxylic acids is 2. The lowest BCUT2D eigenvalue weighted by Gasteiger charge is -2.23. The van der Waals surface area contributed by atoms with Crippen molar-refractivity contribution in [2.75, 3.05) is 14.2 Å². The van der Waals surface area contributed by atoms with Crippen LogP contribution in [0.5, 0.6) is 0 Å². The van der Waals surface area contributed by atoms with Gasteiger partial charge in [0.2, 0.25) is 0 Å². The summed E-state index contributed by atoms with van der Waals surface area (Å²) < 4.78 is 10.5. The predicted octanol–water partition coefficient (Wildman–Crippen LogP) is 3.45. The highest BCUT2D eigenvalue weighted by Gasteiger charge is 2.23. The van der Waals surface area contributed by atoms with E-state index in [-0.39, 0.29) is 17.6 Å². The van der Waals surface area contributed by atoms with Crippen molar-refractivity contribution in [2.45, 2.75) is 13.0 Å². The Bertz CT molecular complexity index is 899. The van der Waals surface area contributed by atoms with Gasteiger partial charge in [-0.15, -0.1) is 0 Å². The number of hydrogen-bond donors (Lipinski definition) is 0. The van der Waals surface area contributed by atoms with E-state index in [1.54, 1.807) is 18.0 Å². The molecular weight excluding hydrogens is 320 g/mol. The molecule has 3 aromatic rings. The van der Waals surface area contributed by atoms with Crippen LogP contribution in [-0.2, 0) is 4.74 Å². The minimum absolute atomic E-state index is 0.0955. The van der Waals surface area contributed by atoms with Gasteiger partial charge in [0, 0.05) is 24.2 Å². The van der Waals surface area contributed by atoms with Gasteiger partial charge in [0.05, 0.1) is 13.2 Å². The molecule has 0 aliphatic heterocycles. The maximum absolute atomic E-state index is 12.7. The van der Waals surface area contributed by atoms with E-state index >= 15 is 0 Å². The fourth-order valence-electron chi connectivity index (χ4n) is 2.56. The summed E-state index contributed by atoms with van der Waals surface area (Å²) in [5.41, 5.74) is 1.24. The van der Waals surface area contributed by atoms with E-state index in [0.717, 1.165) is 11.0 Å². The molecule has 1 amide bonds. The third-order valence-electron chi connectivity index (χ3n) is 4.16. The highest BCUT2D eigenvalue weighted by Crippen LogP contribution is 2.27. The molecule has 1 unspecified atom stereocenters. The molecule has 0 N–H and O–H groups in total. The Morgan fingerprint density at radius 3 is 2.68 bits per heavy atom. The minimum atomic E-state index is -0.581. The van der Waals surface area contributed by atoms with Crippen molar-refractivity contribution in [3.63, 3.8) is 0 Å². The minimum Gasteiger partial charge on any atom is -0.464 e. The zero-order valence-electron chi connectivity index (χ0n) is 14.2. The van der Waals surface area contributed by atoms with Crippen LogP contribution in [0.15, 0.2) is 53.1 Å². The molecule has 0 aliphatic rings. The molecular formula is C19H18N2O4. The van der Waals surface area contributed by atoms with Crippen LogP contribution in [0.4, 0.5) is 0 Å². The van der Waals surface area contributed by atoms with Gasteiger partial charge in [0.15, 0.2) is 0 Å². The van der Waals surface area contributed by atoms with Gasteiger partial charge in [0.25, 0.3) is 5.91 Å². The van der Waals surface area contributed by atoms with Crippen LogP contribution in [0.1, 0.15) is 39.6 Å². The highest BCUT2D eigenvalue weighted by atomic mass is 16.5. The van der Waals surface area contributed by atoms with Crippen LogP contribution in [0.25, 0.3) is 11.0 Å². The van der Waals surface area contributed by atoms with Crippen LogP contribution < -0.4 is 0 Å². The Morgan fingerprint density at radius 1 is 1.20 bits per heavy atom. The first-order valence-corrected chi connectivity index (χ1v) is 7.81. The maximum atomic E-state index is 12.7. The van der Waals surface area contributed by atoms with Gasteiger partial charge < -0.3 is 14.1 Å². The number of pyridine rings is 1. The number of hydrogen-bond acceptors (Lipinski definition) is 5. The number of carbonyl (C=O) groups is 2. The van der Waals surface area contributed by atoms with Crippen LogP contribution in [0.2, 0.25) is 0 Å². The number of fused-ring (bicyclic) bond motifs is 1. The summed E-state index contributed by atoms with van der Waals surface area (Å²) in [4.78, 5) is 29.8. The predicted molar refractivity (Wildman–Crippen MR) is 92.3 cm³/mol. The molecule has 0 bridgehead atoms. The fraction of sp³-hybridized carbons (Fsp3) is 0.211. The van der Waals surface area contributed by atoms with Crippen LogP contribution in [-0.4, -0.2) is 35.9 Å². The smallest absolute Gasteiger partial charge is 0.356 e. The number of rotatable bonds is 4. The first-order chi connectivity index (χ1) is 12.0. The number of benzene rings is 1. The molecule has 6 nitrogen and oxygen atoms in total. The second kappa shape index (κ2) is 6.76. The second-order valence-corrected chi connectivity index (χ2v) is 5.70. The Labute approximate surface area is 145 Å². The Hall–Kier alpha value is -3.15. The Kier molecular flexibility index (Phi) is 4.52. The number of para-hydroxylation sites is 1. The topological polar surface area (TPSA) is 72.6 Å². The van der Waals surface area contributed by atoms with E-state index < -0.39 is 5.97 Å². The summed E-state index contributed by atoms with van der Waals surface area (Å²) in [5, 5.41) is 0.988. The molecule has 0 spiro atoms. The van der Waals surface area contributed by atoms with Gasteiger partial charge in [-0.1, -0.05) is 18.2 Å². The maximum Gasteiger partial charge on any atom is 0.356 e. The van der Waals surface area contributed by atoms with E-state index in [1.165, 1.54) is 19.4 Å². The molecule has 0 fully saturated rings. The average Bonchev–Trinajstić information content (AvgIpc) is 3.09. The molecule has 1 atom stereocenters. The third-order valence-corrected chi connectivity index (χ3v) is 4.16. The average molecular weight is 338 g/mol. The molecule has 0 aliphatic carbocycles. The monoisotopic (exact) mass is 338 g/mol. The molecule has 0 radical (unpaired) electrons. The van der Waals surface area contributed by atoms with Gasteiger partial charge in [0.1, 0.15) is 17.0 Å². The number of esters is 1. The largest absolute Gasteiger partial charge is 0.464 e. The lowest BCUT2D eigenvalue weighted by atomic mass is 10.1. The van der Waals surface area contributed by atoms with Crippen LogP contribution in [0, 0.1) is 0 Å². The van der Waals surface area contributed by atoms with Crippen molar-refractivity contribution in [3.8, 4) is 0 Å². The van der Waals surface area contributed by atoms with Crippen LogP contribution >= 0.6 is 0 Å². The molecule has 3 rings (SSSR count). The Morgan fingerprint density at radius 2 is 1.96 bits per heavy atom. The van der Waals surface area contributed by atoms with Crippen LogP contribution in [0.3, 0.4) is 0 Å². The molecule has 128 valence electrons. The zero-order chi connectivity index (χ0) is 18.0. The van der Waals surface area contributed by atoms with Crippen molar-refractivity contribution in [2.24, 2.45) is 0 Å². The molecule has 1 aromatic carbocycles. The molecule has 0 saturated carbocycles. The number of ether oxygens (including phenoxy) is 1. The lowest BCUT2D eigenvalue weighted by molar-refractivity contribution is 0.0594. The molecule has 0 saturated heterocycles. The zero-order valence-corrected chi connectivity index (χ0v) is 14.2. The van der Waals surface area contributed by atoms with E-state index in [9.17, 15) is 9.59 Å². The number of amides is 1. The lowest BCUT2D eigenvalue weighted by Crippen LogP contribution is -2.29. The van der Waals surface area contributed by atoms with E-state index in [4.69, 9.17) is 4.42 Å². The summed E-state index contributed by atoms with van der Waals surface area (Å²) >= 11 is 0. The van der Waals surface area contributed by atoms with Gasteiger partial charge >= 0.3 is 5.97 Å². The summed E-state index contributed by atoms with van der Waals surface area (Å²) in [6.45, 7) is 1.89. The van der Waals surface area contributed by atoms with Crippen molar-refractivity contribution in [1.29, 1.82) is 0 Å². The van der Waals surface area contributed by atoms with Gasteiger partial charge in [-0.05, 0) is 31.2 Å². The van der Waals surface area contributed by atoms with E-state index in [1.807, 2.05) is 37.3 Å². The molecule has 25 heavy (non-hydrogen) atoms. The Balaban J connectivity index is 1.85. The second-order valence-electron chi connectivity index (χ2n) is 5.70. The number of nitrogens with zero attached hydrogens (tertiary/aromatic N) is 2. The van der Waals surface area contributed by atoms with E-state index in [2.05, 4.69) is 9.72 Å². The molecule has 2 heterocycles. The van der Waals surface area contributed by atoms with Crippen molar-refractivity contribution in [1.82, 2.24) is 9.88 Å². The summed E-state index contributed by atoms with van der Waals surface area (Å²) in [5.74, 6) is -0.123. The molecule has 2 aromatic heterocycles. The quantitative estimate of drug-likeness (QED) is 0.681. The van der Waals surface area contributed by atoms with Gasteiger partial charge in [-0.3, -0.25) is 4.79 Å². The number of furan rings is 1. The number of methoxy groups -OCH3 is 1. The summed E-state index contributed by atoms with van der Waals surface area (Å²) in [7, 11) is 2.96. The third kappa shape index (κ3) is 3.24.